The van der Waals surface area contributed by atoms with Crippen molar-refractivity contribution in [3.05, 3.63) is 64.5 Å². The van der Waals surface area contributed by atoms with E-state index in [1.54, 1.807) is 30.3 Å². The average Bonchev–Trinajstić information content (AvgIpc) is 2.97. The first-order valence-electron chi connectivity index (χ1n) is 6.07. The highest BCUT2D eigenvalue weighted by Crippen LogP contribution is 2.28. The number of nitrogens with zero attached hydrogens (tertiary/aromatic N) is 3. The molecule has 3 rings (SSSR count). The van der Waals surface area contributed by atoms with Crippen LogP contribution in [0, 0.1) is 15.9 Å². The average molecular weight is 284 g/mol. The van der Waals surface area contributed by atoms with Crippen molar-refractivity contribution in [2.24, 2.45) is 0 Å². The molecule has 104 valence electrons. The Bertz CT molecular complexity index is 816. The van der Waals surface area contributed by atoms with E-state index in [0.29, 0.717) is 11.1 Å². The zero-order valence-electron chi connectivity index (χ0n) is 10.7. The van der Waals surface area contributed by atoms with Crippen LogP contribution in [0.15, 0.2) is 48.5 Å². The lowest BCUT2D eigenvalue weighted by Gasteiger charge is -1.98. The van der Waals surface area contributed by atoms with Crippen LogP contribution in [0.3, 0.4) is 0 Å². The summed E-state index contributed by atoms with van der Waals surface area (Å²) in [5, 5.41) is 17.6. The van der Waals surface area contributed by atoms with Crippen molar-refractivity contribution in [2.75, 3.05) is 0 Å². The molecule has 0 spiro atoms. The van der Waals surface area contributed by atoms with Gasteiger partial charge in [0.25, 0.3) is 5.69 Å². The van der Waals surface area contributed by atoms with Gasteiger partial charge in [-0.25, -0.2) is 9.37 Å². The number of H-pyrrole nitrogens is 1. The molecule has 0 radical (unpaired) electrons. The number of rotatable bonds is 3. The summed E-state index contributed by atoms with van der Waals surface area (Å²) in [4.78, 5) is 14.7. The van der Waals surface area contributed by atoms with Crippen LogP contribution in [-0.2, 0) is 0 Å². The predicted molar refractivity (Wildman–Crippen MR) is 73.9 cm³/mol. The van der Waals surface area contributed by atoms with Crippen LogP contribution in [0.5, 0.6) is 0 Å². The monoisotopic (exact) mass is 284 g/mol. The molecule has 0 atom stereocenters. The van der Waals surface area contributed by atoms with Crippen LogP contribution in [0.25, 0.3) is 22.8 Å². The lowest BCUT2D eigenvalue weighted by Crippen LogP contribution is -1.92. The van der Waals surface area contributed by atoms with Crippen LogP contribution in [0.1, 0.15) is 0 Å². The quantitative estimate of drug-likeness (QED) is 0.591. The highest BCUT2D eigenvalue weighted by molar-refractivity contribution is 5.69. The third-order valence-corrected chi connectivity index (χ3v) is 2.92. The number of halogens is 1. The molecule has 0 unspecified atom stereocenters. The lowest BCUT2D eigenvalue weighted by molar-refractivity contribution is -0.384. The summed E-state index contributed by atoms with van der Waals surface area (Å²) in [5.41, 5.74) is 0.758. The molecule has 1 aromatic heterocycles. The van der Waals surface area contributed by atoms with Crippen molar-refractivity contribution in [2.45, 2.75) is 0 Å². The van der Waals surface area contributed by atoms with Gasteiger partial charge in [-0.3, -0.25) is 15.2 Å². The molecule has 6 nitrogen and oxygen atoms in total. The van der Waals surface area contributed by atoms with E-state index >= 15 is 0 Å². The molecule has 7 heteroatoms. The second-order valence-corrected chi connectivity index (χ2v) is 4.29. The largest absolute Gasteiger partial charge is 0.280 e. The molecular formula is C14H9FN4O2. The molecule has 0 amide bonds. The number of benzene rings is 2. The molecule has 0 saturated heterocycles. The minimum Gasteiger partial charge on any atom is -0.258 e. The Morgan fingerprint density at radius 1 is 1.14 bits per heavy atom. The molecule has 3 aromatic rings. The van der Waals surface area contributed by atoms with Crippen molar-refractivity contribution in [3.8, 4) is 22.8 Å². The van der Waals surface area contributed by atoms with Crippen LogP contribution in [-0.4, -0.2) is 20.1 Å². The molecule has 2 aromatic carbocycles. The van der Waals surface area contributed by atoms with E-state index in [1.165, 1.54) is 18.2 Å². The van der Waals surface area contributed by atoms with E-state index in [4.69, 9.17) is 0 Å². The van der Waals surface area contributed by atoms with Crippen molar-refractivity contribution in [1.82, 2.24) is 15.2 Å². The van der Waals surface area contributed by atoms with Crippen molar-refractivity contribution >= 4 is 5.69 Å². The standard InChI is InChI=1S/C14H9FN4O2/c15-10-5-3-4-9(8-10)13-16-14(18-17-13)11-6-1-2-7-12(11)19(20)21/h1-8H,(H,16,17,18). The molecule has 0 bridgehead atoms. The molecule has 0 saturated carbocycles. The maximum absolute atomic E-state index is 13.2. The highest BCUT2D eigenvalue weighted by Gasteiger charge is 2.17. The Hall–Kier alpha value is -3.09. The molecule has 0 aliphatic carbocycles. The molecule has 1 heterocycles. The van der Waals surface area contributed by atoms with Crippen molar-refractivity contribution in [3.63, 3.8) is 0 Å². The van der Waals surface area contributed by atoms with E-state index in [1.807, 2.05) is 0 Å². The summed E-state index contributed by atoms with van der Waals surface area (Å²) in [6.07, 6.45) is 0. The topological polar surface area (TPSA) is 84.7 Å². The maximum atomic E-state index is 13.2. The van der Waals surface area contributed by atoms with Gasteiger partial charge in [0, 0.05) is 11.6 Å². The Balaban J connectivity index is 2.05. The van der Waals surface area contributed by atoms with Crippen LogP contribution in [0.2, 0.25) is 0 Å². The third-order valence-electron chi connectivity index (χ3n) is 2.92. The number of aromatic nitrogens is 3. The Kier molecular flexibility index (Phi) is 3.15. The fraction of sp³-hybridized carbons (Fsp3) is 0. The fourth-order valence-electron chi connectivity index (χ4n) is 1.97. The Morgan fingerprint density at radius 2 is 1.95 bits per heavy atom. The number of nitrogens with one attached hydrogen (secondary N) is 1. The number of nitro benzene ring substituents is 1. The van der Waals surface area contributed by atoms with Gasteiger partial charge in [-0.15, -0.1) is 0 Å². The van der Waals surface area contributed by atoms with Crippen LogP contribution in [0.4, 0.5) is 10.1 Å². The molecule has 21 heavy (non-hydrogen) atoms. The fourth-order valence-corrected chi connectivity index (χ4v) is 1.97. The van der Waals surface area contributed by atoms with E-state index in [0.717, 1.165) is 0 Å². The summed E-state index contributed by atoms with van der Waals surface area (Å²) < 4.78 is 13.2. The van der Waals surface area contributed by atoms with Crippen molar-refractivity contribution < 1.29 is 9.31 Å². The number of para-hydroxylation sites is 1. The van der Waals surface area contributed by atoms with Crippen LogP contribution >= 0.6 is 0 Å². The van der Waals surface area contributed by atoms with Gasteiger partial charge in [0.05, 0.1) is 10.5 Å². The highest BCUT2D eigenvalue weighted by atomic mass is 19.1. The first kappa shape index (κ1) is 12.9. The van der Waals surface area contributed by atoms with Crippen LogP contribution < -0.4 is 0 Å². The zero-order chi connectivity index (χ0) is 14.8. The second kappa shape index (κ2) is 5.12. The van der Waals surface area contributed by atoms with Gasteiger partial charge in [0.2, 0.25) is 0 Å². The number of nitro groups is 1. The molecule has 0 aliphatic heterocycles. The third kappa shape index (κ3) is 2.48. The van der Waals surface area contributed by atoms with Gasteiger partial charge in [-0.05, 0) is 18.2 Å². The summed E-state index contributed by atoms with van der Waals surface area (Å²) in [7, 11) is 0. The molecule has 1 N–H and O–H groups in total. The first-order valence-corrected chi connectivity index (χ1v) is 6.07. The summed E-state index contributed by atoms with van der Waals surface area (Å²) >= 11 is 0. The molecular weight excluding hydrogens is 275 g/mol. The van der Waals surface area contributed by atoms with Gasteiger partial charge < -0.3 is 0 Å². The Labute approximate surface area is 118 Å². The number of aromatic amines is 1. The van der Waals surface area contributed by atoms with Gasteiger partial charge >= 0.3 is 0 Å². The van der Waals surface area contributed by atoms with E-state index in [-0.39, 0.29) is 17.3 Å². The SMILES string of the molecule is O=[N+]([O-])c1ccccc1-c1nc(-c2cccc(F)c2)n[nH]1. The Morgan fingerprint density at radius 3 is 2.71 bits per heavy atom. The minimum absolute atomic E-state index is 0.0700. The van der Waals surface area contributed by atoms with Gasteiger partial charge in [0.1, 0.15) is 5.82 Å². The normalized spacial score (nSPS) is 10.5. The maximum Gasteiger partial charge on any atom is 0.280 e. The minimum atomic E-state index is -0.486. The van der Waals surface area contributed by atoms with Gasteiger partial charge in [-0.2, -0.15) is 5.10 Å². The smallest absolute Gasteiger partial charge is 0.258 e. The lowest BCUT2D eigenvalue weighted by atomic mass is 10.1. The van der Waals surface area contributed by atoms with Crippen molar-refractivity contribution in [1.29, 1.82) is 0 Å². The zero-order valence-corrected chi connectivity index (χ0v) is 10.7. The summed E-state index contributed by atoms with van der Waals surface area (Å²) in [5.74, 6) is 0.147. The predicted octanol–water partition coefficient (Wildman–Crippen LogP) is 3.19. The van der Waals surface area contributed by atoms with E-state index in [2.05, 4.69) is 15.2 Å². The second-order valence-electron chi connectivity index (χ2n) is 4.29. The van der Waals surface area contributed by atoms with Gasteiger partial charge in [-0.1, -0.05) is 24.3 Å². The molecule has 0 aliphatic rings. The van der Waals surface area contributed by atoms with E-state index in [9.17, 15) is 14.5 Å². The van der Waals surface area contributed by atoms with Gasteiger partial charge in [0.15, 0.2) is 11.6 Å². The molecule has 0 fully saturated rings. The summed E-state index contributed by atoms with van der Waals surface area (Å²) in [6.45, 7) is 0. The first-order chi connectivity index (χ1) is 10.1. The van der Waals surface area contributed by atoms with E-state index < -0.39 is 10.7 Å². The number of hydrogen-bond donors (Lipinski definition) is 1. The summed E-state index contributed by atoms with van der Waals surface area (Å²) in [6, 6.07) is 12.0. The number of hydrogen-bond acceptors (Lipinski definition) is 4.